The summed E-state index contributed by atoms with van der Waals surface area (Å²) in [5.41, 5.74) is 1.03. The van der Waals surface area contributed by atoms with Crippen LogP contribution in [0, 0.1) is 5.41 Å². The topological polar surface area (TPSA) is 29.5 Å². The molecule has 1 aliphatic carbocycles. The summed E-state index contributed by atoms with van der Waals surface area (Å²) in [5, 5.41) is 10.3. The maximum Gasteiger partial charge on any atom is 0.138 e. The maximum absolute atomic E-state index is 9.28. The normalized spacial score (nSPS) is 17.2. The monoisotopic (exact) mass is 260 g/mol. The molecule has 0 amide bonds. The summed E-state index contributed by atoms with van der Waals surface area (Å²) < 4.78 is 5.09. The zero-order valence-electron chi connectivity index (χ0n) is 9.09. The van der Waals surface area contributed by atoms with E-state index < -0.39 is 0 Å². The average molecular weight is 261 g/mol. The van der Waals surface area contributed by atoms with E-state index in [4.69, 9.17) is 27.9 Å². The van der Waals surface area contributed by atoms with Gasteiger partial charge in [0.05, 0.1) is 12.1 Å². The minimum atomic E-state index is 0.0432. The number of halogens is 2. The first-order valence-corrected chi connectivity index (χ1v) is 5.99. The summed E-state index contributed by atoms with van der Waals surface area (Å²) in [5.74, 6) is 0.587. The molecule has 2 rings (SSSR count). The van der Waals surface area contributed by atoms with E-state index in [1.54, 1.807) is 7.11 Å². The fourth-order valence-corrected chi connectivity index (χ4v) is 2.32. The molecular formula is C12H14Cl2O2. The molecule has 1 N–H and O–H groups in total. The second-order valence-corrected chi connectivity index (χ2v) is 5.15. The number of ether oxygens (including phenoxy) is 1. The molecule has 0 aliphatic heterocycles. The van der Waals surface area contributed by atoms with E-state index in [2.05, 4.69) is 0 Å². The standard InChI is InChI=1S/C12H14Cl2O2/c1-16-9-3-2-8(10(13)11(9)14)6-12(7-15)4-5-12/h2-3,15H,4-7H2,1H3. The Morgan fingerprint density at radius 3 is 2.50 bits per heavy atom. The summed E-state index contributed by atoms with van der Waals surface area (Å²) in [4.78, 5) is 0. The molecule has 4 heteroatoms. The Labute approximate surface area is 105 Å². The van der Waals surface area contributed by atoms with Crippen LogP contribution in [-0.4, -0.2) is 18.8 Å². The molecular weight excluding hydrogens is 247 g/mol. The number of rotatable bonds is 4. The second-order valence-electron chi connectivity index (χ2n) is 4.39. The summed E-state index contributed by atoms with van der Waals surface area (Å²) in [7, 11) is 1.56. The van der Waals surface area contributed by atoms with Gasteiger partial charge in [-0.15, -0.1) is 0 Å². The number of methoxy groups -OCH3 is 1. The van der Waals surface area contributed by atoms with Crippen LogP contribution in [0.5, 0.6) is 5.75 Å². The van der Waals surface area contributed by atoms with Crippen molar-refractivity contribution >= 4 is 23.2 Å². The second kappa shape index (κ2) is 4.44. The molecule has 1 aromatic rings. The van der Waals surface area contributed by atoms with Crippen molar-refractivity contribution in [2.45, 2.75) is 19.3 Å². The van der Waals surface area contributed by atoms with Crippen LogP contribution in [0.3, 0.4) is 0 Å². The van der Waals surface area contributed by atoms with Gasteiger partial charge in [-0.25, -0.2) is 0 Å². The van der Waals surface area contributed by atoms with Crippen LogP contribution in [0.15, 0.2) is 12.1 Å². The molecule has 0 atom stereocenters. The molecule has 2 nitrogen and oxygen atoms in total. The van der Waals surface area contributed by atoms with Crippen molar-refractivity contribution in [1.29, 1.82) is 0 Å². The minimum absolute atomic E-state index is 0.0432. The quantitative estimate of drug-likeness (QED) is 0.900. The molecule has 1 fully saturated rings. The predicted octanol–water partition coefficient (Wildman–Crippen LogP) is 3.32. The maximum atomic E-state index is 9.28. The molecule has 0 bridgehead atoms. The number of benzene rings is 1. The molecule has 0 unspecified atom stereocenters. The Morgan fingerprint density at radius 2 is 2.00 bits per heavy atom. The lowest BCUT2D eigenvalue weighted by Crippen LogP contribution is -2.10. The van der Waals surface area contributed by atoms with Crippen LogP contribution in [-0.2, 0) is 6.42 Å². The van der Waals surface area contributed by atoms with Crippen LogP contribution in [0.2, 0.25) is 10.0 Å². The third-order valence-corrected chi connectivity index (χ3v) is 4.11. The summed E-state index contributed by atoms with van der Waals surface area (Å²) in [6.07, 6.45) is 2.90. The van der Waals surface area contributed by atoms with Crippen molar-refractivity contribution in [3.05, 3.63) is 27.7 Å². The Hall–Kier alpha value is -0.440. The first kappa shape index (κ1) is 12.0. The van der Waals surface area contributed by atoms with Gasteiger partial charge >= 0.3 is 0 Å². The molecule has 0 aromatic heterocycles. The van der Waals surface area contributed by atoms with Gasteiger partial charge in [-0.1, -0.05) is 29.3 Å². The fourth-order valence-electron chi connectivity index (χ4n) is 1.84. The Morgan fingerprint density at radius 1 is 1.31 bits per heavy atom. The van der Waals surface area contributed by atoms with Crippen molar-refractivity contribution < 1.29 is 9.84 Å². The SMILES string of the molecule is COc1ccc(CC2(CO)CC2)c(Cl)c1Cl. The largest absolute Gasteiger partial charge is 0.495 e. The van der Waals surface area contributed by atoms with Gasteiger partial charge in [0.15, 0.2) is 0 Å². The van der Waals surface area contributed by atoms with Crippen LogP contribution in [0.25, 0.3) is 0 Å². The van der Waals surface area contributed by atoms with Crippen molar-refractivity contribution in [2.75, 3.05) is 13.7 Å². The van der Waals surface area contributed by atoms with E-state index in [0.717, 1.165) is 24.8 Å². The lowest BCUT2D eigenvalue weighted by atomic mass is 9.97. The van der Waals surface area contributed by atoms with Crippen LogP contribution < -0.4 is 4.74 Å². The molecule has 0 spiro atoms. The van der Waals surface area contributed by atoms with Crippen molar-refractivity contribution in [1.82, 2.24) is 0 Å². The van der Waals surface area contributed by atoms with Gasteiger partial charge in [0.2, 0.25) is 0 Å². The molecule has 0 radical (unpaired) electrons. The van der Waals surface area contributed by atoms with Crippen molar-refractivity contribution in [2.24, 2.45) is 5.41 Å². The summed E-state index contributed by atoms with van der Waals surface area (Å²) in [6.45, 7) is 0.215. The van der Waals surface area contributed by atoms with Gasteiger partial charge in [-0.3, -0.25) is 0 Å². The van der Waals surface area contributed by atoms with Crippen molar-refractivity contribution in [3.8, 4) is 5.75 Å². The van der Waals surface area contributed by atoms with Gasteiger partial charge in [0, 0.05) is 6.61 Å². The molecule has 88 valence electrons. The fraction of sp³-hybridized carbons (Fsp3) is 0.500. The molecule has 16 heavy (non-hydrogen) atoms. The highest BCUT2D eigenvalue weighted by atomic mass is 35.5. The zero-order chi connectivity index (χ0) is 11.8. The average Bonchev–Trinajstić information content (AvgIpc) is 3.06. The predicted molar refractivity (Wildman–Crippen MR) is 65.5 cm³/mol. The van der Waals surface area contributed by atoms with E-state index in [1.807, 2.05) is 12.1 Å². The Kier molecular flexibility index (Phi) is 3.34. The van der Waals surface area contributed by atoms with Crippen LogP contribution in [0.4, 0.5) is 0 Å². The van der Waals surface area contributed by atoms with E-state index in [-0.39, 0.29) is 12.0 Å². The molecule has 1 saturated carbocycles. The van der Waals surface area contributed by atoms with Gasteiger partial charge in [-0.2, -0.15) is 0 Å². The Bertz CT molecular complexity index is 400. The summed E-state index contributed by atoms with van der Waals surface area (Å²) >= 11 is 12.2. The third kappa shape index (κ3) is 2.15. The first-order chi connectivity index (χ1) is 7.62. The molecule has 1 aliphatic rings. The number of hydrogen-bond donors (Lipinski definition) is 1. The molecule has 0 heterocycles. The minimum Gasteiger partial charge on any atom is -0.495 e. The molecule has 1 aromatic carbocycles. The van der Waals surface area contributed by atoms with Gasteiger partial charge < -0.3 is 9.84 Å². The number of aliphatic hydroxyl groups excluding tert-OH is 1. The van der Waals surface area contributed by atoms with Crippen LogP contribution in [0.1, 0.15) is 18.4 Å². The number of aliphatic hydroxyl groups is 1. The highest BCUT2D eigenvalue weighted by molar-refractivity contribution is 6.43. The Balaban J connectivity index is 2.25. The van der Waals surface area contributed by atoms with Crippen LogP contribution >= 0.6 is 23.2 Å². The lowest BCUT2D eigenvalue weighted by molar-refractivity contribution is 0.211. The van der Waals surface area contributed by atoms with E-state index in [0.29, 0.717) is 15.8 Å². The van der Waals surface area contributed by atoms with Gasteiger partial charge in [0.25, 0.3) is 0 Å². The lowest BCUT2D eigenvalue weighted by Gasteiger charge is -2.14. The third-order valence-electron chi connectivity index (χ3n) is 3.20. The van der Waals surface area contributed by atoms with E-state index in [9.17, 15) is 5.11 Å². The van der Waals surface area contributed by atoms with Gasteiger partial charge in [-0.05, 0) is 36.3 Å². The van der Waals surface area contributed by atoms with Gasteiger partial charge in [0.1, 0.15) is 10.8 Å². The van der Waals surface area contributed by atoms with E-state index in [1.165, 1.54) is 0 Å². The zero-order valence-corrected chi connectivity index (χ0v) is 10.6. The summed E-state index contributed by atoms with van der Waals surface area (Å²) in [6, 6.07) is 3.74. The highest BCUT2D eigenvalue weighted by Crippen LogP contribution is 2.49. The number of hydrogen-bond acceptors (Lipinski definition) is 2. The van der Waals surface area contributed by atoms with E-state index >= 15 is 0 Å². The molecule has 0 saturated heterocycles. The van der Waals surface area contributed by atoms with Crippen molar-refractivity contribution in [3.63, 3.8) is 0 Å². The smallest absolute Gasteiger partial charge is 0.138 e. The first-order valence-electron chi connectivity index (χ1n) is 5.24. The highest BCUT2D eigenvalue weighted by Gasteiger charge is 2.42.